The normalized spacial score (nSPS) is 21.8. The zero-order valence-corrected chi connectivity index (χ0v) is 13.8. The molecule has 2 rings (SSSR count). The molecule has 0 saturated heterocycles. The number of benzene rings is 1. The smallest absolute Gasteiger partial charge is 0.228 e. The van der Waals surface area contributed by atoms with E-state index in [1.54, 1.807) is 7.11 Å². The van der Waals surface area contributed by atoms with Crippen LogP contribution in [0.15, 0.2) is 30.3 Å². The lowest BCUT2D eigenvalue weighted by Gasteiger charge is -2.25. The molecule has 1 amide bonds. The first-order valence-electron chi connectivity index (χ1n) is 7.96. The number of hydrogen-bond donors (Lipinski definition) is 1. The number of amides is 1. The van der Waals surface area contributed by atoms with Gasteiger partial charge in [0.15, 0.2) is 0 Å². The minimum Gasteiger partial charge on any atom is -0.381 e. The maximum atomic E-state index is 12.4. The molecule has 4 heteroatoms. The average molecular weight is 305 g/mol. The fourth-order valence-corrected chi connectivity index (χ4v) is 2.73. The molecule has 22 heavy (non-hydrogen) atoms. The Bertz CT molecular complexity index is 472. The van der Waals surface area contributed by atoms with Crippen LogP contribution in [-0.4, -0.2) is 31.8 Å². The molecule has 1 aromatic carbocycles. The number of rotatable bonds is 7. The molecular formula is C18H27NO3. The van der Waals surface area contributed by atoms with Gasteiger partial charge in [-0.05, 0) is 38.7 Å². The van der Waals surface area contributed by atoms with E-state index in [1.165, 1.54) is 0 Å². The van der Waals surface area contributed by atoms with Crippen molar-refractivity contribution in [1.29, 1.82) is 0 Å². The molecule has 122 valence electrons. The van der Waals surface area contributed by atoms with Crippen molar-refractivity contribution in [3.63, 3.8) is 0 Å². The second-order valence-corrected chi connectivity index (χ2v) is 6.70. The summed E-state index contributed by atoms with van der Waals surface area (Å²) in [6, 6.07) is 10.2. The summed E-state index contributed by atoms with van der Waals surface area (Å²) in [7, 11) is 1.73. The van der Waals surface area contributed by atoms with E-state index >= 15 is 0 Å². The molecule has 2 unspecified atom stereocenters. The molecule has 0 aromatic heterocycles. The Morgan fingerprint density at radius 3 is 2.64 bits per heavy atom. The van der Waals surface area contributed by atoms with Gasteiger partial charge in [0.05, 0.1) is 24.7 Å². The minimum absolute atomic E-state index is 0.0577. The molecule has 4 nitrogen and oxygen atoms in total. The summed E-state index contributed by atoms with van der Waals surface area (Å²) < 4.78 is 11.1. The monoisotopic (exact) mass is 305 g/mol. The predicted molar refractivity (Wildman–Crippen MR) is 86.5 cm³/mol. The van der Waals surface area contributed by atoms with Crippen LogP contribution < -0.4 is 5.32 Å². The van der Waals surface area contributed by atoms with Crippen LogP contribution in [0.3, 0.4) is 0 Å². The van der Waals surface area contributed by atoms with Gasteiger partial charge >= 0.3 is 0 Å². The molecule has 1 N–H and O–H groups in total. The van der Waals surface area contributed by atoms with Gasteiger partial charge < -0.3 is 14.8 Å². The van der Waals surface area contributed by atoms with Gasteiger partial charge in [-0.2, -0.15) is 0 Å². The van der Waals surface area contributed by atoms with Crippen LogP contribution in [0.5, 0.6) is 0 Å². The first-order valence-corrected chi connectivity index (χ1v) is 7.96. The highest BCUT2D eigenvalue weighted by molar-refractivity contribution is 5.82. The number of hydrogen-bond acceptors (Lipinski definition) is 3. The summed E-state index contributed by atoms with van der Waals surface area (Å²) in [5, 5.41) is 3.13. The van der Waals surface area contributed by atoms with Gasteiger partial charge in [0.2, 0.25) is 5.91 Å². The summed E-state index contributed by atoms with van der Waals surface area (Å²) in [5.74, 6) is 0.0577. The number of methoxy groups -OCH3 is 1. The van der Waals surface area contributed by atoms with Gasteiger partial charge in [-0.25, -0.2) is 0 Å². The van der Waals surface area contributed by atoms with Gasteiger partial charge in [-0.3, -0.25) is 4.79 Å². The quantitative estimate of drug-likeness (QED) is 0.842. The Labute approximate surface area is 133 Å². The van der Waals surface area contributed by atoms with E-state index in [1.807, 2.05) is 44.2 Å². The van der Waals surface area contributed by atoms with Gasteiger partial charge in [0.1, 0.15) is 0 Å². The maximum Gasteiger partial charge on any atom is 0.228 e. The van der Waals surface area contributed by atoms with Crippen molar-refractivity contribution in [2.45, 2.75) is 51.9 Å². The lowest BCUT2D eigenvalue weighted by Crippen LogP contribution is -2.44. The average Bonchev–Trinajstić information content (AvgIpc) is 2.96. The molecule has 0 bridgehead atoms. The zero-order valence-electron chi connectivity index (χ0n) is 13.8. The van der Waals surface area contributed by atoms with Crippen molar-refractivity contribution in [3.05, 3.63) is 35.9 Å². The van der Waals surface area contributed by atoms with Gasteiger partial charge in [0, 0.05) is 13.2 Å². The summed E-state index contributed by atoms with van der Waals surface area (Å²) in [6.07, 6.45) is 3.20. The molecule has 2 atom stereocenters. The van der Waals surface area contributed by atoms with E-state index in [0.717, 1.165) is 24.8 Å². The van der Waals surface area contributed by atoms with Crippen molar-refractivity contribution >= 4 is 5.91 Å². The topological polar surface area (TPSA) is 47.6 Å². The highest BCUT2D eigenvalue weighted by Gasteiger charge is 2.32. The number of carbonyl (C=O) groups is 1. The van der Waals surface area contributed by atoms with Crippen LogP contribution in [-0.2, 0) is 20.9 Å². The molecule has 1 aliphatic carbocycles. The number of ether oxygens (including phenoxy) is 2. The SMILES string of the molecule is COC1CCC(NC(=O)C(C)(C)COCc2ccccc2)C1. The van der Waals surface area contributed by atoms with E-state index in [9.17, 15) is 4.79 Å². The second-order valence-electron chi connectivity index (χ2n) is 6.70. The highest BCUT2D eigenvalue weighted by atomic mass is 16.5. The van der Waals surface area contributed by atoms with Gasteiger partial charge in [-0.15, -0.1) is 0 Å². The number of nitrogens with one attached hydrogen (secondary N) is 1. The van der Waals surface area contributed by atoms with E-state index < -0.39 is 5.41 Å². The van der Waals surface area contributed by atoms with Gasteiger partial charge in [-0.1, -0.05) is 30.3 Å². The highest BCUT2D eigenvalue weighted by Crippen LogP contribution is 2.24. The van der Waals surface area contributed by atoms with Crippen LogP contribution in [0.4, 0.5) is 0 Å². The van der Waals surface area contributed by atoms with Crippen molar-refractivity contribution in [2.75, 3.05) is 13.7 Å². The summed E-state index contributed by atoms with van der Waals surface area (Å²) in [4.78, 5) is 12.4. The lowest BCUT2D eigenvalue weighted by molar-refractivity contribution is -0.133. The summed E-state index contributed by atoms with van der Waals surface area (Å²) >= 11 is 0. The Hall–Kier alpha value is -1.39. The Balaban J connectivity index is 1.75. The standard InChI is InChI=1S/C18H27NO3/c1-18(2,13-22-12-14-7-5-4-6-8-14)17(20)19-15-9-10-16(11-15)21-3/h4-8,15-16H,9-13H2,1-3H3,(H,19,20). The van der Waals surface area contributed by atoms with E-state index in [4.69, 9.17) is 9.47 Å². The minimum atomic E-state index is -0.528. The molecular weight excluding hydrogens is 278 g/mol. The molecule has 0 radical (unpaired) electrons. The summed E-state index contributed by atoms with van der Waals surface area (Å²) in [5.41, 5.74) is 0.595. The number of carbonyl (C=O) groups excluding carboxylic acids is 1. The third kappa shape index (κ3) is 4.82. The van der Waals surface area contributed by atoms with E-state index in [2.05, 4.69) is 5.32 Å². The predicted octanol–water partition coefficient (Wildman–Crippen LogP) is 2.91. The first kappa shape index (κ1) is 17.0. The van der Waals surface area contributed by atoms with E-state index in [-0.39, 0.29) is 18.1 Å². The molecule has 0 aliphatic heterocycles. The maximum absolute atomic E-state index is 12.4. The van der Waals surface area contributed by atoms with Gasteiger partial charge in [0.25, 0.3) is 0 Å². The molecule has 0 heterocycles. The zero-order chi connectivity index (χ0) is 16.0. The van der Waals surface area contributed by atoms with Crippen LogP contribution in [0, 0.1) is 5.41 Å². The fraction of sp³-hybridized carbons (Fsp3) is 0.611. The van der Waals surface area contributed by atoms with Crippen LogP contribution in [0.2, 0.25) is 0 Å². The van der Waals surface area contributed by atoms with Crippen LogP contribution >= 0.6 is 0 Å². The van der Waals surface area contributed by atoms with Crippen LogP contribution in [0.25, 0.3) is 0 Å². The first-order chi connectivity index (χ1) is 10.5. The van der Waals surface area contributed by atoms with Crippen molar-refractivity contribution in [2.24, 2.45) is 5.41 Å². The Morgan fingerprint density at radius 2 is 2.00 bits per heavy atom. The molecule has 1 fully saturated rings. The van der Waals surface area contributed by atoms with E-state index in [0.29, 0.717) is 13.2 Å². The van der Waals surface area contributed by atoms with Crippen molar-refractivity contribution in [1.82, 2.24) is 5.32 Å². The second kappa shape index (κ2) is 7.75. The molecule has 1 saturated carbocycles. The fourth-order valence-electron chi connectivity index (χ4n) is 2.73. The molecule has 0 spiro atoms. The third-order valence-corrected chi connectivity index (χ3v) is 4.24. The summed E-state index contributed by atoms with van der Waals surface area (Å²) in [6.45, 7) is 4.80. The largest absolute Gasteiger partial charge is 0.381 e. The van der Waals surface area contributed by atoms with Crippen LogP contribution in [0.1, 0.15) is 38.7 Å². The Morgan fingerprint density at radius 1 is 1.27 bits per heavy atom. The van der Waals surface area contributed by atoms with Crippen molar-refractivity contribution < 1.29 is 14.3 Å². The lowest BCUT2D eigenvalue weighted by atomic mass is 9.93. The Kier molecular flexibility index (Phi) is 5.98. The third-order valence-electron chi connectivity index (χ3n) is 4.24. The molecule has 1 aliphatic rings. The van der Waals surface area contributed by atoms with Crippen molar-refractivity contribution in [3.8, 4) is 0 Å². The molecule has 1 aromatic rings.